The van der Waals surface area contributed by atoms with Crippen molar-refractivity contribution in [3.63, 3.8) is 0 Å². The van der Waals surface area contributed by atoms with Gasteiger partial charge in [0.1, 0.15) is 23.8 Å². The molecule has 0 saturated carbocycles. The smallest absolute Gasteiger partial charge is 0.230 e. The highest BCUT2D eigenvalue weighted by molar-refractivity contribution is 7.99. The van der Waals surface area contributed by atoms with Gasteiger partial charge in [0.15, 0.2) is 0 Å². The van der Waals surface area contributed by atoms with Gasteiger partial charge >= 0.3 is 0 Å². The molecule has 0 spiro atoms. The van der Waals surface area contributed by atoms with Gasteiger partial charge in [-0.25, -0.2) is 0 Å². The molecule has 0 aliphatic heterocycles. The van der Waals surface area contributed by atoms with E-state index in [2.05, 4.69) is 20.8 Å². The molecule has 8 nitrogen and oxygen atoms in total. The number of benzene rings is 2. The number of nitrogens with one attached hydrogen (secondary N) is 1. The van der Waals surface area contributed by atoms with Crippen molar-refractivity contribution in [2.45, 2.75) is 12.1 Å². The van der Waals surface area contributed by atoms with Crippen LogP contribution in [0, 0.1) is 6.92 Å². The number of hydrogen-bond acceptors (Lipinski definition) is 7. The predicted octanol–water partition coefficient (Wildman–Crippen LogP) is 2.27. The molecule has 0 fully saturated rings. The van der Waals surface area contributed by atoms with Crippen LogP contribution in [0.4, 0.5) is 0 Å². The normalized spacial score (nSPS) is 10.5. The molecule has 0 atom stereocenters. The van der Waals surface area contributed by atoms with E-state index in [4.69, 9.17) is 9.47 Å². The molecule has 0 unspecified atom stereocenters. The summed E-state index contributed by atoms with van der Waals surface area (Å²) < 4.78 is 12.5. The molecule has 0 saturated heterocycles. The summed E-state index contributed by atoms with van der Waals surface area (Å²) in [6.07, 6.45) is 0. The van der Waals surface area contributed by atoms with Gasteiger partial charge in [-0.15, -0.1) is 5.10 Å². The molecule has 1 heterocycles. The Labute approximate surface area is 167 Å². The van der Waals surface area contributed by atoms with Gasteiger partial charge in [-0.05, 0) is 47.2 Å². The zero-order chi connectivity index (χ0) is 19.8. The number of carbonyl (C=O) groups excluding carboxylic acids is 1. The highest BCUT2D eigenvalue weighted by atomic mass is 32.2. The Morgan fingerprint density at radius 1 is 1.21 bits per heavy atom. The summed E-state index contributed by atoms with van der Waals surface area (Å²) in [6.45, 7) is 2.80. The highest BCUT2D eigenvalue weighted by Gasteiger charge is 2.15. The zero-order valence-corrected chi connectivity index (χ0v) is 16.5. The lowest BCUT2D eigenvalue weighted by Gasteiger charge is -2.10. The zero-order valence-electron chi connectivity index (χ0n) is 15.7. The number of thioether (sulfide) groups is 1. The molecule has 0 bridgehead atoms. The maximum Gasteiger partial charge on any atom is 0.230 e. The van der Waals surface area contributed by atoms with E-state index in [0.29, 0.717) is 24.1 Å². The number of hydrogen-bond donors (Lipinski definition) is 1. The Balaban J connectivity index is 1.51. The molecule has 3 aromatic rings. The van der Waals surface area contributed by atoms with E-state index in [0.717, 1.165) is 17.0 Å². The Kier molecular flexibility index (Phi) is 6.85. The van der Waals surface area contributed by atoms with Gasteiger partial charge in [-0.3, -0.25) is 4.79 Å². The van der Waals surface area contributed by atoms with Crippen LogP contribution in [-0.4, -0.2) is 52.1 Å². The van der Waals surface area contributed by atoms with Crippen molar-refractivity contribution >= 4 is 17.7 Å². The Morgan fingerprint density at radius 2 is 2.04 bits per heavy atom. The van der Waals surface area contributed by atoms with Crippen LogP contribution in [0.15, 0.2) is 53.7 Å². The SMILES string of the molecule is COc1ccc(C)cc1-n1nnnc1SCC(=O)NCCOc1ccccc1. The lowest BCUT2D eigenvalue weighted by atomic mass is 10.2. The lowest BCUT2D eigenvalue weighted by Crippen LogP contribution is -2.29. The van der Waals surface area contributed by atoms with Crippen molar-refractivity contribution in [2.24, 2.45) is 0 Å². The summed E-state index contributed by atoms with van der Waals surface area (Å²) in [7, 11) is 1.59. The number of amides is 1. The van der Waals surface area contributed by atoms with E-state index in [1.165, 1.54) is 11.8 Å². The molecule has 0 aliphatic rings. The van der Waals surface area contributed by atoms with Crippen LogP contribution < -0.4 is 14.8 Å². The molecule has 2 aromatic carbocycles. The number of para-hydroxylation sites is 1. The first kappa shape index (κ1) is 19.7. The summed E-state index contributed by atoms with van der Waals surface area (Å²) in [5.41, 5.74) is 1.78. The highest BCUT2D eigenvalue weighted by Crippen LogP contribution is 2.26. The largest absolute Gasteiger partial charge is 0.494 e. The van der Waals surface area contributed by atoms with Gasteiger partial charge in [-0.2, -0.15) is 4.68 Å². The molecule has 3 rings (SSSR count). The number of nitrogens with zero attached hydrogens (tertiary/aromatic N) is 4. The quantitative estimate of drug-likeness (QED) is 0.436. The van der Waals surface area contributed by atoms with Gasteiger partial charge in [0, 0.05) is 0 Å². The van der Waals surface area contributed by atoms with Crippen molar-refractivity contribution in [1.82, 2.24) is 25.5 Å². The topological polar surface area (TPSA) is 91.2 Å². The van der Waals surface area contributed by atoms with Crippen LogP contribution in [0.25, 0.3) is 5.69 Å². The Hall–Kier alpha value is -3.07. The summed E-state index contributed by atoms with van der Waals surface area (Å²) >= 11 is 1.25. The minimum Gasteiger partial charge on any atom is -0.494 e. The first-order valence-electron chi connectivity index (χ1n) is 8.68. The van der Waals surface area contributed by atoms with Gasteiger partial charge in [-0.1, -0.05) is 36.0 Å². The second kappa shape index (κ2) is 9.75. The number of carbonyl (C=O) groups is 1. The average Bonchev–Trinajstić information content (AvgIpc) is 3.19. The van der Waals surface area contributed by atoms with Crippen molar-refractivity contribution in [1.29, 1.82) is 0 Å². The van der Waals surface area contributed by atoms with Gasteiger partial charge in [0.05, 0.1) is 19.4 Å². The fourth-order valence-electron chi connectivity index (χ4n) is 2.44. The van der Waals surface area contributed by atoms with Gasteiger partial charge in [0.25, 0.3) is 0 Å². The van der Waals surface area contributed by atoms with E-state index >= 15 is 0 Å². The summed E-state index contributed by atoms with van der Waals surface area (Å²) in [5, 5.41) is 15.1. The maximum atomic E-state index is 12.1. The second-order valence-electron chi connectivity index (χ2n) is 5.85. The van der Waals surface area contributed by atoms with Crippen molar-refractivity contribution in [3.05, 3.63) is 54.1 Å². The molecule has 146 valence electrons. The molecule has 9 heteroatoms. The number of methoxy groups -OCH3 is 1. The number of rotatable bonds is 9. The predicted molar refractivity (Wildman–Crippen MR) is 106 cm³/mol. The third-order valence-corrected chi connectivity index (χ3v) is 4.69. The molecule has 1 N–H and O–H groups in total. The fourth-order valence-corrected chi connectivity index (χ4v) is 3.16. The fraction of sp³-hybridized carbons (Fsp3) is 0.263. The van der Waals surface area contributed by atoms with E-state index in [9.17, 15) is 4.79 Å². The van der Waals surface area contributed by atoms with Crippen LogP contribution in [-0.2, 0) is 4.79 Å². The standard InChI is InChI=1S/C19H21N5O3S/c1-14-8-9-17(26-2)16(12-14)24-19(21-22-23-24)28-13-18(25)20-10-11-27-15-6-4-3-5-7-15/h3-9,12H,10-11,13H2,1-2H3,(H,20,25). The molecular formula is C19H21N5O3S. The first-order valence-corrected chi connectivity index (χ1v) is 9.66. The van der Waals surface area contributed by atoms with E-state index in [-0.39, 0.29) is 11.7 Å². The van der Waals surface area contributed by atoms with Crippen LogP contribution in [0.1, 0.15) is 5.56 Å². The third kappa shape index (κ3) is 5.23. The second-order valence-corrected chi connectivity index (χ2v) is 6.79. The Morgan fingerprint density at radius 3 is 2.82 bits per heavy atom. The van der Waals surface area contributed by atoms with E-state index in [1.54, 1.807) is 11.8 Å². The number of aromatic nitrogens is 4. The van der Waals surface area contributed by atoms with Crippen molar-refractivity contribution in [2.75, 3.05) is 26.0 Å². The van der Waals surface area contributed by atoms with Crippen LogP contribution in [0.5, 0.6) is 11.5 Å². The minimum atomic E-state index is -0.118. The van der Waals surface area contributed by atoms with Crippen LogP contribution in [0.2, 0.25) is 0 Å². The number of aryl methyl sites for hydroxylation is 1. The first-order chi connectivity index (χ1) is 13.7. The lowest BCUT2D eigenvalue weighted by molar-refractivity contribution is -0.118. The van der Waals surface area contributed by atoms with Crippen LogP contribution in [0.3, 0.4) is 0 Å². The maximum absolute atomic E-state index is 12.1. The molecule has 28 heavy (non-hydrogen) atoms. The third-order valence-electron chi connectivity index (χ3n) is 3.77. The van der Waals surface area contributed by atoms with E-state index < -0.39 is 0 Å². The van der Waals surface area contributed by atoms with Crippen molar-refractivity contribution in [3.8, 4) is 17.2 Å². The van der Waals surface area contributed by atoms with Gasteiger partial charge < -0.3 is 14.8 Å². The van der Waals surface area contributed by atoms with Crippen molar-refractivity contribution < 1.29 is 14.3 Å². The molecule has 1 aromatic heterocycles. The molecule has 0 aliphatic carbocycles. The van der Waals surface area contributed by atoms with Gasteiger partial charge in [0.2, 0.25) is 11.1 Å². The summed E-state index contributed by atoms with van der Waals surface area (Å²) in [5.74, 6) is 1.51. The Bertz CT molecular complexity index is 917. The summed E-state index contributed by atoms with van der Waals surface area (Å²) in [6, 6.07) is 15.2. The summed E-state index contributed by atoms with van der Waals surface area (Å²) in [4.78, 5) is 12.1. The minimum absolute atomic E-state index is 0.118. The monoisotopic (exact) mass is 399 g/mol. The molecule has 0 radical (unpaired) electrons. The molecular weight excluding hydrogens is 378 g/mol. The van der Waals surface area contributed by atoms with Crippen LogP contribution >= 0.6 is 11.8 Å². The number of tetrazole rings is 1. The molecule has 1 amide bonds. The average molecular weight is 399 g/mol. The number of ether oxygens (including phenoxy) is 2. The van der Waals surface area contributed by atoms with E-state index in [1.807, 2.05) is 55.5 Å².